The maximum Gasteiger partial charge on any atom is 0.269 e. The van der Waals surface area contributed by atoms with E-state index in [4.69, 9.17) is 12.2 Å². The van der Waals surface area contributed by atoms with Gasteiger partial charge < -0.3 is 4.90 Å². The number of nitro benzene ring substituents is 1. The van der Waals surface area contributed by atoms with Gasteiger partial charge in [0.05, 0.1) is 4.92 Å². The zero-order valence-electron chi connectivity index (χ0n) is 13.0. The Balaban J connectivity index is 1.71. The molecule has 3 heterocycles. The lowest BCUT2D eigenvalue weighted by molar-refractivity contribution is -0.384. The van der Waals surface area contributed by atoms with Crippen molar-refractivity contribution in [3.05, 3.63) is 63.0 Å². The van der Waals surface area contributed by atoms with Crippen molar-refractivity contribution < 1.29 is 4.92 Å². The van der Waals surface area contributed by atoms with Crippen LogP contribution in [-0.4, -0.2) is 25.1 Å². The van der Waals surface area contributed by atoms with Crippen molar-refractivity contribution in [1.29, 1.82) is 0 Å². The van der Waals surface area contributed by atoms with Crippen molar-refractivity contribution in [2.75, 3.05) is 4.90 Å². The quantitative estimate of drug-likeness (QED) is 0.416. The first-order valence-electron chi connectivity index (χ1n) is 7.63. The molecule has 3 aromatic rings. The maximum absolute atomic E-state index is 11.0. The van der Waals surface area contributed by atoms with Gasteiger partial charge in [0, 0.05) is 30.1 Å². The average Bonchev–Trinajstić information content (AvgIpc) is 3.05. The first-order chi connectivity index (χ1) is 11.5. The molecule has 1 aromatic carbocycles. The molecule has 1 aliphatic rings. The summed E-state index contributed by atoms with van der Waals surface area (Å²) in [7, 11) is 0. The fraction of sp³-hybridized carbons (Fsp3) is 0.250. The number of hydrogen-bond donors (Lipinski definition) is 0. The van der Waals surface area contributed by atoms with Crippen LogP contribution in [0.2, 0.25) is 0 Å². The smallest absolute Gasteiger partial charge is 0.269 e. The van der Waals surface area contributed by atoms with Crippen LogP contribution in [0.15, 0.2) is 42.6 Å². The molecule has 0 N–H and O–H groups in total. The zero-order chi connectivity index (χ0) is 16.8. The molecular weight excluding hydrogens is 326 g/mol. The number of hydrogen-bond acceptors (Lipinski definition) is 5. The van der Waals surface area contributed by atoms with Crippen LogP contribution in [0.3, 0.4) is 0 Å². The molecule has 7 nitrogen and oxygen atoms in total. The summed E-state index contributed by atoms with van der Waals surface area (Å²) in [6.07, 6.45) is 2.67. The van der Waals surface area contributed by atoms with Crippen molar-refractivity contribution in [2.24, 2.45) is 0 Å². The Bertz CT molecular complexity index is 1010. The summed E-state index contributed by atoms with van der Waals surface area (Å²) < 4.78 is 4.29. The Kier molecular flexibility index (Phi) is 3.34. The molecule has 24 heavy (non-hydrogen) atoms. The van der Waals surface area contributed by atoms with Gasteiger partial charge in [-0.1, -0.05) is 6.07 Å². The second-order valence-electron chi connectivity index (χ2n) is 5.95. The van der Waals surface area contributed by atoms with Gasteiger partial charge in [0.15, 0.2) is 5.65 Å². The molecule has 0 aliphatic carbocycles. The summed E-state index contributed by atoms with van der Waals surface area (Å²) in [4.78, 5) is 12.8. The van der Waals surface area contributed by atoms with Gasteiger partial charge in [0.1, 0.15) is 6.67 Å². The molecule has 8 heteroatoms. The Morgan fingerprint density at radius 3 is 2.96 bits per heavy atom. The fourth-order valence-electron chi connectivity index (χ4n) is 3.22. The molecule has 2 aromatic heterocycles. The SMILES string of the molecule is C[C@H]1Cc2cc([N+](=O)[O-])ccc2N1Cn1nc2ccccn2c1=S. The predicted octanol–water partition coefficient (Wildman–Crippen LogP) is 3.18. The van der Waals surface area contributed by atoms with Crippen LogP contribution in [0.25, 0.3) is 5.65 Å². The number of nitrogens with zero attached hydrogens (tertiary/aromatic N) is 5. The first kappa shape index (κ1) is 14.8. The number of rotatable bonds is 3. The summed E-state index contributed by atoms with van der Waals surface area (Å²) in [6, 6.07) is 11.0. The van der Waals surface area contributed by atoms with Crippen LogP contribution in [-0.2, 0) is 13.1 Å². The molecule has 0 fully saturated rings. The lowest BCUT2D eigenvalue weighted by atomic mass is 10.1. The van der Waals surface area contributed by atoms with E-state index in [9.17, 15) is 10.1 Å². The molecule has 0 bridgehead atoms. The third-order valence-electron chi connectivity index (χ3n) is 4.41. The molecule has 4 rings (SSSR count). The molecule has 122 valence electrons. The molecule has 0 unspecified atom stereocenters. The Morgan fingerprint density at radius 1 is 1.38 bits per heavy atom. The van der Waals surface area contributed by atoms with Gasteiger partial charge in [-0.05, 0) is 49.3 Å². The molecule has 1 aliphatic heterocycles. The lowest BCUT2D eigenvalue weighted by Crippen LogP contribution is -2.32. The van der Waals surface area contributed by atoms with Crippen molar-refractivity contribution in [2.45, 2.75) is 26.1 Å². The van der Waals surface area contributed by atoms with Gasteiger partial charge in [-0.2, -0.15) is 5.10 Å². The van der Waals surface area contributed by atoms with Crippen molar-refractivity contribution >= 4 is 29.2 Å². The van der Waals surface area contributed by atoms with E-state index in [1.165, 1.54) is 0 Å². The first-order valence-corrected chi connectivity index (χ1v) is 8.03. The number of anilines is 1. The topological polar surface area (TPSA) is 68.6 Å². The van der Waals surface area contributed by atoms with E-state index < -0.39 is 0 Å². The van der Waals surface area contributed by atoms with E-state index in [1.54, 1.807) is 16.8 Å². The maximum atomic E-state index is 11.0. The van der Waals surface area contributed by atoms with E-state index in [0.717, 1.165) is 23.3 Å². The largest absolute Gasteiger partial charge is 0.349 e. The van der Waals surface area contributed by atoms with Crippen LogP contribution >= 0.6 is 12.2 Å². The Morgan fingerprint density at radius 2 is 2.21 bits per heavy atom. The van der Waals surface area contributed by atoms with Gasteiger partial charge in [0.2, 0.25) is 4.77 Å². The van der Waals surface area contributed by atoms with Crippen molar-refractivity contribution in [1.82, 2.24) is 14.2 Å². The van der Waals surface area contributed by atoms with Crippen LogP contribution in [0.4, 0.5) is 11.4 Å². The van der Waals surface area contributed by atoms with E-state index in [0.29, 0.717) is 11.4 Å². The number of benzene rings is 1. The van der Waals surface area contributed by atoms with Gasteiger partial charge in [-0.25, -0.2) is 4.68 Å². The van der Waals surface area contributed by atoms with Gasteiger partial charge >= 0.3 is 0 Å². The van der Waals surface area contributed by atoms with Gasteiger partial charge in [-0.15, -0.1) is 0 Å². The minimum atomic E-state index is -0.355. The second kappa shape index (κ2) is 5.41. The highest BCUT2D eigenvalue weighted by Gasteiger charge is 2.28. The van der Waals surface area contributed by atoms with Crippen LogP contribution in [0, 0.1) is 14.9 Å². The average molecular weight is 341 g/mol. The fourth-order valence-corrected chi connectivity index (χ4v) is 3.47. The molecule has 0 spiro atoms. The van der Waals surface area contributed by atoms with Crippen molar-refractivity contribution in [3.63, 3.8) is 0 Å². The number of pyridine rings is 1. The van der Waals surface area contributed by atoms with E-state index >= 15 is 0 Å². The minimum Gasteiger partial charge on any atom is -0.349 e. The Labute approximate surface area is 142 Å². The summed E-state index contributed by atoms with van der Waals surface area (Å²) in [5.41, 5.74) is 2.93. The predicted molar refractivity (Wildman–Crippen MR) is 92.8 cm³/mol. The van der Waals surface area contributed by atoms with E-state index in [2.05, 4.69) is 16.9 Å². The van der Waals surface area contributed by atoms with Crippen LogP contribution in [0.5, 0.6) is 0 Å². The molecule has 0 saturated heterocycles. The van der Waals surface area contributed by atoms with E-state index in [1.807, 2.05) is 34.9 Å². The summed E-state index contributed by atoms with van der Waals surface area (Å²) >= 11 is 5.50. The van der Waals surface area contributed by atoms with Gasteiger partial charge in [0.25, 0.3) is 5.69 Å². The van der Waals surface area contributed by atoms with Gasteiger partial charge in [-0.3, -0.25) is 14.5 Å². The molecule has 0 radical (unpaired) electrons. The third-order valence-corrected chi connectivity index (χ3v) is 4.81. The van der Waals surface area contributed by atoms with Crippen LogP contribution < -0.4 is 4.90 Å². The lowest BCUT2D eigenvalue weighted by Gasteiger charge is -2.24. The standard InChI is InChI=1S/C16H15N5O2S/c1-11-8-12-9-13(21(22)23)5-6-14(12)19(11)10-20-16(24)18-7-3-2-4-15(18)17-20/h2-7,9,11H,8,10H2,1H3/t11-/m0/s1. The summed E-state index contributed by atoms with van der Waals surface area (Å²) in [6.45, 7) is 2.62. The Hall–Kier alpha value is -2.74. The van der Waals surface area contributed by atoms with E-state index in [-0.39, 0.29) is 16.7 Å². The number of aromatic nitrogens is 3. The number of fused-ring (bicyclic) bond motifs is 2. The number of nitro groups is 1. The molecule has 1 atom stereocenters. The normalized spacial score (nSPS) is 16.5. The zero-order valence-corrected chi connectivity index (χ0v) is 13.8. The minimum absolute atomic E-state index is 0.132. The monoisotopic (exact) mass is 341 g/mol. The second-order valence-corrected chi connectivity index (χ2v) is 6.31. The number of non-ortho nitro benzene ring substituents is 1. The molecule has 0 amide bonds. The van der Waals surface area contributed by atoms with Crippen LogP contribution in [0.1, 0.15) is 12.5 Å². The molecular formula is C16H15N5O2S. The summed E-state index contributed by atoms with van der Waals surface area (Å²) in [5, 5.41) is 15.5. The summed E-state index contributed by atoms with van der Waals surface area (Å²) in [5.74, 6) is 0. The van der Waals surface area contributed by atoms with Crippen molar-refractivity contribution in [3.8, 4) is 0 Å². The highest BCUT2D eigenvalue weighted by atomic mass is 32.1. The molecule has 0 saturated carbocycles. The highest BCUT2D eigenvalue weighted by molar-refractivity contribution is 7.71. The highest BCUT2D eigenvalue weighted by Crippen LogP contribution is 2.34. The third kappa shape index (κ3) is 2.26.